The molecule has 0 aromatic carbocycles. The van der Waals surface area contributed by atoms with Gasteiger partial charge in [-0.05, 0) is 38.0 Å². The number of rotatable bonds is 1. The zero-order chi connectivity index (χ0) is 9.80. The molecule has 0 spiro atoms. The summed E-state index contributed by atoms with van der Waals surface area (Å²) in [5.74, 6) is 1.44. The summed E-state index contributed by atoms with van der Waals surface area (Å²) in [4.78, 5) is 0. The number of nitrogens with one attached hydrogen (secondary N) is 2. The number of amidine groups is 1. The maximum absolute atomic E-state index is 7.74. The molecule has 2 aliphatic rings. The molecular formula is C12H20N2. The summed E-state index contributed by atoms with van der Waals surface area (Å²) in [5.41, 5.74) is 0. The van der Waals surface area contributed by atoms with E-state index in [-0.39, 0.29) is 0 Å². The van der Waals surface area contributed by atoms with Gasteiger partial charge in [-0.1, -0.05) is 18.6 Å². The lowest BCUT2D eigenvalue weighted by Gasteiger charge is -2.27. The molecule has 2 nitrogen and oxygen atoms in total. The van der Waals surface area contributed by atoms with Crippen LogP contribution in [-0.4, -0.2) is 11.9 Å². The van der Waals surface area contributed by atoms with E-state index in [4.69, 9.17) is 5.41 Å². The first-order valence-electron chi connectivity index (χ1n) is 5.87. The average molecular weight is 192 g/mol. The van der Waals surface area contributed by atoms with Crippen molar-refractivity contribution in [2.45, 2.75) is 51.0 Å². The third kappa shape index (κ3) is 2.37. The molecule has 2 unspecified atom stereocenters. The van der Waals surface area contributed by atoms with Crippen molar-refractivity contribution in [3.63, 3.8) is 0 Å². The van der Waals surface area contributed by atoms with Crippen LogP contribution < -0.4 is 5.32 Å². The molecule has 1 fully saturated rings. The van der Waals surface area contributed by atoms with Crippen molar-refractivity contribution in [1.29, 1.82) is 5.41 Å². The molecule has 78 valence electrons. The Balaban J connectivity index is 1.97. The second-order valence-corrected chi connectivity index (χ2v) is 4.50. The van der Waals surface area contributed by atoms with Gasteiger partial charge in [-0.15, -0.1) is 0 Å². The van der Waals surface area contributed by atoms with Crippen LogP contribution in [0, 0.1) is 11.3 Å². The highest BCUT2D eigenvalue weighted by molar-refractivity contribution is 5.79. The van der Waals surface area contributed by atoms with E-state index in [1.165, 1.54) is 38.5 Å². The summed E-state index contributed by atoms with van der Waals surface area (Å²) in [7, 11) is 0. The van der Waals surface area contributed by atoms with Crippen molar-refractivity contribution in [3.05, 3.63) is 12.2 Å². The molecule has 0 saturated carbocycles. The highest BCUT2D eigenvalue weighted by atomic mass is 15.0. The van der Waals surface area contributed by atoms with Crippen molar-refractivity contribution < 1.29 is 0 Å². The highest BCUT2D eigenvalue weighted by Gasteiger charge is 2.22. The lowest BCUT2D eigenvalue weighted by Crippen LogP contribution is -2.38. The van der Waals surface area contributed by atoms with E-state index in [9.17, 15) is 0 Å². The topological polar surface area (TPSA) is 35.9 Å². The molecule has 0 amide bonds. The molecule has 14 heavy (non-hydrogen) atoms. The standard InChI is InChI=1S/C12H20N2/c13-12-9-5-4-8-11(14-12)10-6-2-1-3-7-10/h2,6,10-11H,1,3-5,7-9H2,(H2,13,14). The molecule has 0 aromatic rings. The molecule has 0 bridgehead atoms. The van der Waals surface area contributed by atoms with Gasteiger partial charge in [0.1, 0.15) is 0 Å². The molecule has 2 atom stereocenters. The summed E-state index contributed by atoms with van der Waals surface area (Å²) in [5, 5.41) is 11.1. The first kappa shape index (κ1) is 9.75. The Labute approximate surface area is 86.3 Å². The van der Waals surface area contributed by atoms with Crippen molar-refractivity contribution in [3.8, 4) is 0 Å². The van der Waals surface area contributed by atoms with Gasteiger partial charge in [0.2, 0.25) is 0 Å². The van der Waals surface area contributed by atoms with Gasteiger partial charge in [-0.25, -0.2) is 0 Å². The normalized spacial score (nSPS) is 33.6. The van der Waals surface area contributed by atoms with Crippen LogP contribution in [0.2, 0.25) is 0 Å². The predicted octanol–water partition coefficient (Wildman–Crippen LogP) is 2.85. The summed E-state index contributed by atoms with van der Waals surface area (Å²) >= 11 is 0. The second kappa shape index (κ2) is 4.63. The summed E-state index contributed by atoms with van der Waals surface area (Å²) in [6, 6.07) is 0.543. The van der Waals surface area contributed by atoms with E-state index in [2.05, 4.69) is 17.5 Å². The molecule has 1 aliphatic carbocycles. The molecule has 2 N–H and O–H groups in total. The Morgan fingerprint density at radius 2 is 2.14 bits per heavy atom. The predicted molar refractivity (Wildman–Crippen MR) is 59.6 cm³/mol. The van der Waals surface area contributed by atoms with E-state index in [0.717, 1.165) is 12.3 Å². The van der Waals surface area contributed by atoms with Crippen LogP contribution in [0.5, 0.6) is 0 Å². The second-order valence-electron chi connectivity index (χ2n) is 4.50. The van der Waals surface area contributed by atoms with E-state index in [0.29, 0.717) is 12.0 Å². The maximum atomic E-state index is 7.74. The van der Waals surface area contributed by atoms with Crippen LogP contribution in [0.1, 0.15) is 44.9 Å². The van der Waals surface area contributed by atoms with Crippen LogP contribution in [0.25, 0.3) is 0 Å². The fraction of sp³-hybridized carbons (Fsp3) is 0.750. The van der Waals surface area contributed by atoms with Crippen LogP contribution in [0.3, 0.4) is 0 Å². The number of hydrogen-bond acceptors (Lipinski definition) is 1. The zero-order valence-electron chi connectivity index (χ0n) is 8.76. The van der Waals surface area contributed by atoms with Crippen LogP contribution in [-0.2, 0) is 0 Å². The Hall–Kier alpha value is -0.790. The summed E-state index contributed by atoms with van der Waals surface area (Å²) in [6.45, 7) is 0. The van der Waals surface area contributed by atoms with Gasteiger partial charge in [-0.2, -0.15) is 0 Å². The van der Waals surface area contributed by atoms with Crippen molar-refractivity contribution in [1.82, 2.24) is 5.32 Å². The van der Waals surface area contributed by atoms with Crippen LogP contribution in [0.15, 0.2) is 12.2 Å². The van der Waals surface area contributed by atoms with E-state index >= 15 is 0 Å². The Morgan fingerprint density at radius 3 is 2.93 bits per heavy atom. The molecule has 1 heterocycles. The minimum absolute atomic E-state index is 0.543. The van der Waals surface area contributed by atoms with Crippen molar-refractivity contribution >= 4 is 5.84 Å². The van der Waals surface area contributed by atoms with Crippen molar-refractivity contribution in [2.24, 2.45) is 5.92 Å². The monoisotopic (exact) mass is 192 g/mol. The Bertz CT molecular complexity index is 232. The van der Waals surface area contributed by atoms with E-state index in [1.807, 2.05) is 0 Å². The van der Waals surface area contributed by atoms with E-state index < -0.39 is 0 Å². The number of allylic oxidation sites excluding steroid dienone is 1. The molecule has 0 aromatic heterocycles. The smallest absolute Gasteiger partial charge is 0.0933 e. The summed E-state index contributed by atoms with van der Waals surface area (Å²) in [6.07, 6.45) is 13.2. The number of hydrogen-bond donors (Lipinski definition) is 2. The quantitative estimate of drug-likeness (QED) is 0.616. The van der Waals surface area contributed by atoms with Gasteiger partial charge in [0.15, 0.2) is 0 Å². The first-order chi connectivity index (χ1) is 6.86. The molecule has 1 saturated heterocycles. The molecular weight excluding hydrogens is 172 g/mol. The molecule has 2 rings (SSSR count). The van der Waals surface area contributed by atoms with Gasteiger partial charge >= 0.3 is 0 Å². The average Bonchev–Trinajstić information content (AvgIpc) is 2.44. The fourth-order valence-electron chi connectivity index (χ4n) is 2.53. The first-order valence-corrected chi connectivity index (χ1v) is 5.87. The van der Waals surface area contributed by atoms with Gasteiger partial charge in [0.25, 0.3) is 0 Å². The molecule has 1 aliphatic heterocycles. The fourth-order valence-corrected chi connectivity index (χ4v) is 2.53. The van der Waals surface area contributed by atoms with Gasteiger partial charge in [0.05, 0.1) is 5.84 Å². The lowest BCUT2D eigenvalue weighted by molar-refractivity contribution is 0.393. The third-order valence-electron chi connectivity index (χ3n) is 3.36. The Kier molecular flexibility index (Phi) is 3.22. The van der Waals surface area contributed by atoms with E-state index in [1.54, 1.807) is 0 Å². The van der Waals surface area contributed by atoms with Crippen LogP contribution >= 0.6 is 0 Å². The zero-order valence-corrected chi connectivity index (χ0v) is 8.76. The Morgan fingerprint density at radius 1 is 1.21 bits per heavy atom. The molecule has 2 heteroatoms. The maximum Gasteiger partial charge on any atom is 0.0933 e. The van der Waals surface area contributed by atoms with Gasteiger partial charge in [0, 0.05) is 12.5 Å². The molecule has 0 radical (unpaired) electrons. The summed E-state index contributed by atoms with van der Waals surface area (Å²) < 4.78 is 0. The van der Waals surface area contributed by atoms with Crippen LogP contribution in [0.4, 0.5) is 0 Å². The van der Waals surface area contributed by atoms with Gasteiger partial charge in [-0.3, -0.25) is 5.41 Å². The lowest BCUT2D eigenvalue weighted by atomic mass is 9.87. The van der Waals surface area contributed by atoms with Crippen molar-refractivity contribution in [2.75, 3.05) is 0 Å². The van der Waals surface area contributed by atoms with Gasteiger partial charge < -0.3 is 5.32 Å². The SMILES string of the molecule is N=C1CCCCC(C2C=CCCC2)N1. The highest BCUT2D eigenvalue weighted by Crippen LogP contribution is 2.25. The third-order valence-corrected chi connectivity index (χ3v) is 3.36. The minimum Gasteiger partial charge on any atom is -0.371 e. The minimum atomic E-state index is 0.543. The largest absolute Gasteiger partial charge is 0.371 e.